The zero-order valence-electron chi connectivity index (χ0n) is 13.4. The van der Waals surface area contributed by atoms with Crippen molar-refractivity contribution in [3.8, 4) is 0 Å². The van der Waals surface area contributed by atoms with Crippen molar-refractivity contribution in [1.29, 1.82) is 0 Å². The summed E-state index contributed by atoms with van der Waals surface area (Å²) in [6.45, 7) is 10.2. The fourth-order valence-corrected chi connectivity index (χ4v) is 3.22. The predicted octanol–water partition coefficient (Wildman–Crippen LogP) is 2.33. The summed E-state index contributed by atoms with van der Waals surface area (Å²) in [5, 5.41) is 2.97. The van der Waals surface area contributed by atoms with E-state index in [-0.39, 0.29) is 23.9 Å². The van der Waals surface area contributed by atoms with Crippen LogP contribution in [0.2, 0.25) is 0 Å². The first-order valence-corrected chi connectivity index (χ1v) is 7.92. The Labute approximate surface area is 122 Å². The molecule has 0 aromatic carbocycles. The molecule has 1 aliphatic heterocycles. The Morgan fingerprint density at radius 3 is 2.35 bits per heavy atom. The summed E-state index contributed by atoms with van der Waals surface area (Å²) < 4.78 is 0. The van der Waals surface area contributed by atoms with E-state index in [2.05, 4.69) is 26.1 Å². The van der Waals surface area contributed by atoms with E-state index in [1.807, 2.05) is 18.7 Å². The maximum atomic E-state index is 12.9. The van der Waals surface area contributed by atoms with Gasteiger partial charge in [-0.2, -0.15) is 0 Å². The largest absolute Gasteiger partial charge is 0.340 e. The first-order chi connectivity index (χ1) is 9.27. The van der Waals surface area contributed by atoms with Gasteiger partial charge in [0.2, 0.25) is 11.8 Å². The third-order valence-corrected chi connectivity index (χ3v) is 4.89. The van der Waals surface area contributed by atoms with Gasteiger partial charge in [0.15, 0.2) is 0 Å². The van der Waals surface area contributed by atoms with Gasteiger partial charge in [0.05, 0.1) is 0 Å². The molecular formula is C16H28N2O2. The number of carbonyl (C=O) groups is 2. The third-order valence-electron chi connectivity index (χ3n) is 4.89. The summed E-state index contributed by atoms with van der Waals surface area (Å²) in [5.41, 5.74) is -0.671. The molecule has 2 fully saturated rings. The minimum atomic E-state index is -0.671. The van der Waals surface area contributed by atoms with Gasteiger partial charge in [-0.1, -0.05) is 13.8 Å². The van der Waals surface area contributed by atoms with Crippen LogP contribution in [0.5, 0.6) is 0 Å². The van der Waals surface area contributed by atoms with Gasteiger partial charge in [-0.05, 0) is 58.3 Å². The van der Waals surface area contributed by atoms with Crippen molar-refractivity contribution in [2.45, 2.75) is 77.9 Å². The quantitative estimate of drug-likeness (QED) is 0.840. The van der Waals surface area contributed by atoms with Crippen LogP contribution in [-0.2, 0) is 9.59 Å². The molecule has 1 aliphatic carbocycles. The van der Waals surface area contributed by atoms with Gasteiger partial charge in [-0.25, -0.2) is 0 Å². The van der Waals surface area contributed by atoms with Gasteiger partial charge < -0.3 is 10.2 Å². The van der Waals surface area contributed by atoms with Crippen molar-refractivity contribution in [3.05, 3.63) is 0 Å². The van der Waals surface area contributed by atoms with Gasteiger partial charge in [0.25, 0.3) is 0 Å². The molecule has 3 unspecified atom stereocenters. The molecule has 0 radical (unpaired) electrons. The lowest BCUT2D eigenvalue weighted by Gasteiger charge is -2.46. The van der Waals surface area contributed by atoms with E-state index in [4.69, 9.17) is 0 Å². The van der Waals surface area contributed by atoms with Crippen molar-refractivity contribution < 1.29 is 9.59 Å². The third kappa shape index (κ3) is 2.70. The molecule has 2 aliphatic rings. The average Bonchev–Trinajstić information content (AvgIpc) is 3.18. The molecule has 1 saturated carbocycles. The Hall–Kier alpha value is -1.06. The number of nitrogens with zero attached hydrogens (tertiary/aromatic N) is 1. The highest BCUT2D eigenvalue weighted by Gasteiger charge is 2.55. The van der Waals surface area contributed by atoms with E-state index in [0.29, 0.717) is 11.8 Å². The lowest BCUT2D eigenvalue weighted by molar-refractivity contribution is -0.157. The monoisotopic (exact) mass is 280 g/mol. The van der Waals surface area contributed by atoms with Crippen molar-refractivity contribution in [1.82, 2.24) is 10.2 Å². The number of carbonyl (C=O) groups excluding carboxylic acids is 2. The van der Waals surface area contributed by atoms with E-state index < -0.39 is 5.54 Å². The number of rotatable bonds is 5. The zero-order valence-corrected chi connectivity index (χ0v) is 13.4. The maximum absolute atomic E-state index is 12.9. The maximum Gasteiger partial charge on any atom is 0.249 e. The fraction of sp³-hybridized carbons (Fsp3) is 0.875. The second-order valence-corrected chi connectivity index (χ2v) is 7.17. The molecule has 2 amide bonds. The highest BCUT2D eigenvalue weighted by molar-refractivity contribution is 6.00. The Morgan fingerprint density at radius 2 is 1.85 bits per heavy atom. The highest BCUT2D eigenvalue weighted by Crippen LogP contribution is 2.42. The second kappa shape index (κ2) is 5.38. The summed E-state index contributed by atoms with van der Waals surface area (Å²) in [7, 11) is 0. The minimum absolute atomic E-state index is 0.00426. The Bertz CT molecular complexity index is 403. The minimum Gasteiger partial charge on any atom is -0.340 e. The normalized spacial score (nSPS) is 32.5. The molecule has 4 heteroatoms. The van der Waals surface area contributed by atoms with Crippen LogP contribution in [-0.4, -0.2) is 34.3 Å². The fourth-order valence-electron chi connectivity index (χ4n) is 3.22. The molecule has 0 spiro atoms. The van der Waals surface area contributed by atoms with Crippen molar-refractivity contribution in [2.24, 2.45) is 11.8 Å². The van der Waals surface area contributed by atoms with Gasteiger partial charge in [-0.3, -0.25) is 9.59 Å². The Morgan fingerprint density at radius 1 is 1.25 bits per heavy atom. The number of hydrogen-bond acceptors (Lipinski definition) is 2. The second-order valence-electron chi connectivity index (χ2n) is 7.17. The van der Waals surface area contributed by atoms with Crippen LogP contribution < -0.4 is 5.32 Å². The van der Waals surface area contributed by atoms with Gasteiger partial charge in [-0.15, -0.1) is 0 Å². The number of nitrogens with one attached hydrogen (secondary N) is 1. The number of piperazine rings is 1. The van der Waals surface area contributed by atoms with Crippen molar-refractivity contribution >= 4 is 11.8 Å². The van der Waals surface area contributed by atoms with Crippen LogP contribution in [0.3, 0.4) is 0 Å². The van der Waals surface area contributed by atoms with Crippen LogP contribution in [0.1, 0.15) is 60.3 Å². The van der Waals surface area contributed by atoms with Crippen molar-refractivity contribution in [2.75, 3.05) is 0 Å². The lowest BCUT2D eigenvalue weighted by atomic mass is 9.88. The molecule has 2 rings (SSSR count). The standard InChI is InChI=1S/C16H28N2O2/c1-10(2)6-7-11(3)18-12(4)14(19)17-16(5,15(18)20)13-8-9-13/h10-13H,6-9H2,1-5H3,(H,17,19). The van der Waals surface area contributed by atoms with Gasteiger partial charge in [0, 0.05) is 6.04 Å². The Kier molecular flexibility index (Phi) is 4.12. The predicted molar refractivity (Wildman–Crippen MR) is 79.1 cm³/mol. The molecule has 4 nitrogen and oxygen atoms in total. The van der Waals surface area contributed by atoms with Crippen molar-refractivity contribution in [3.63, 3.8) is 0 Å². The zero-order chi connectivity index (χ0) is 15.1. The molecule has 20 heavy (non-hydrogen) atoms. The first-order valence-electron chi connectivity index (χ1n) is 7.92. The summed E-state index contributed by atoms with van der Waals surface area (Å²) in [4.78, 5) is 27.0. The SMILES string of the molecule is CC(C)CCC(C)N1C(=O)C(C)(C2CC2)NC(=O)C1C. The summed E-state index contributed by atoms with van der Waals surface area (Å²) in [6.07, 6.45) is 4.14. The summed E-state index contributed by atoms with van der Waals surface area (Å²) >= 11 is 0. The van der Waals surface area contributed by atoms with E-state index >= 15 is 0 Å². The summed E-state index contributed by atoms with van der Waals surface area (Å²) in [6, 6.07) is -0.222. The van der Waals surface area contributed by atoms with E-state index in [9.17, 15) is 9.59 Å². The lowest BCUT2D eigenvalue weighted by Crippen LogP contribution is -2.71. The summed E-state index contributed by atoms with van der Waals surface area (Å²) in [5.74, 6) is 1.06. The van der Waals surface area contributed by atoms with Gasteiger partial charge >= 0.3 is 0 Å². The molecule has 1 saturated heterocycles. The van der Waals surface area contributed by atoms with Crippen LogP contribution in [0.25, 0.3) is 0 Å². The van der Waals surface area contributed by atoms with Crippen LogP contribution in [0.15, 0.2) is 0 Å². The number of hydrogen-bond donors (Lipinski definition) is 1. The number of amides is 2. The van der Waals surface area contributed by atoms with Crippen LogP contribution in [0.4, 0.5) is 0 Å². The highest BCUT2D eigenvalue weighted by atomic mass is 16.2. The molecule has 1 N–H and O–H groups in total. The topological polar surface area (TPSA) is 49.4 Å². The molecule has 0 aromatic heterocycles. The molecule has 1 heterocycles. The van der Waals surface area contributed by atoms with Crippen LogP contribution >= 0.6 is 0 Å². The van der Waals surface area contributed by atoms with E-state index in [0.717, 1.165) is 25.7 Å². The van der Waals surface area contributed by atoms with Gasteiger partial charge in [0.1, 0.15) is 11.6 Å². The molecule has 0 aromatic rings. The molecule has 114 valence electrons. The van der Waals surface area contributed by atoms with E-state index in [1.165, 1.54) is 0 Å². The molecular weight excluding hydrogens is 252 g/mol. The Balaban J connectivity index is 2.15. The smallest absolute Gasteiger partial charge is 0.249 e. The molecule has 3 atom stereocenters. The first kappa shape index (κ1) is 15.3. The van der Waals surface area contributed by atoms with E-state index in [1.54, 1.807) is 0 Å². The van der Waals surface area contributed by atoms with Crippen LogP contribution in [0, 0.1) is 11.8 Å². The molecule has 0 bridgehead atoms. The average molecular weight is 280 g/mol.